The van der Waals surface area contributed by atoms with Crippen LogP contribution >= 0.6 is 15.9 Å². The highest BCUT2D eigenvalue weighted by atomic mass is 79.9. The fraction of sp³-hybridized carbons (Fsp3) is 0.625. The molecule has 2 rings (SSSR count). The summed E-state index contributed by atoms with van der Waals surface area (Å²) in [6, 6.07) is 0. The molecular formula is C8H11BrN2O2. The molecular weight excluding hydrogens is 236 g/mol. The number of hydrogen-bond donors (Lipinski definition) is 1. The van der Waals surface area contributed by atoms with Crippen molar-refractivity contribution in [2.45, 2.75) is 25.5 Å². The van der Waals surface area contributed by atoms with E-state index < -0.39 is 0 Å². The Morgan fingerprint density at radius 2 is 2.62 bits per heavy atom. The van der Waals surface area contributed by atoms with Crippen LogP contribution in [0.2, 0.25) is 0 Å². The molecule has 0 saturated carbocycles. The first-order valence-corrected chi connectivity index (χ1v) is 5.08. The quantitative estimate of drug-likeness (QED) is 0.862. The summed E-state index contributed by atoms with van der Waals surface area (Å²) in [6.07, 6.45) is 3.87. The number of ether oxygens (including phenoxy) is 1. The van der Waals surface area contributed by atoms with Gasteiger partial charge < -0.3 is 9.84 Å². The summed E-state index contributed by atoms with van der Waals surface area (Å²) in [5.74, 6) is 0.179. The van der Waals surface area contributed by atoms with E-state index in [9.17, 15) is 5.11 Å². The third-order valence-electron chi connectivity index (χ3n) is 2.16. The molecule has 1 aromatic heterocycles. The summed E-state index contributed by atoms with van der Waals surface area (Å²) in [7, 11) is 0. The fourth-order valence-corrected chi connectivity index (χ4v) is 1.81. The smallest absolute Gasteiger partial charge is 0.168 e. The summed E-state index contributed by atoms with van der Waals surface area (Å²) in [5, 5.41) is 13.3. The van der Waals surface area contributed by atoms with Crippen molar-refractivity contribution >= 4 is 15.9 Å². The van der Waals surface area contributed by atoms with E-state index in [2.05, 4.69) is 21.0 Å². The van der Waals surface area contributed by atoms with Crippen molar-refractivity contribution in [1.82, 2.24) is 9.78 Å². The molecule has 2 heterocycles. The predicted octanol–water partition coefficient (Wildman–Crippen LogP) is 1.53. The molecule has 1 saturated heterocycles. The van der Waals surface area contributed by atoms with Crippen LogP contribution in [0.5, 0.6) is 5.75 Å². The van der Waals surface area contributed by atoms with Gasteiger partial charge in [0.25, 0.3) is 0 Å². The van der Waals surface area contributed by atoms with E-state index in [1.54, 1.807) is 4.68 Å². The molecule has 13 heavy (non-hydrogen) atoms. The highest BCUT2D eigenvalue weighted by Crippen LogP contribution is 2.24. The number of nitrogens with zero attached hydrogens (tertiary/aromatic N) is 2. The minimum atomic E-state index is 0.179. The highest BCUT2D eigenvalue weighted by molar-refractivity contribution is 9.10. The Balaban J connectivity index is 2.04. The molecule has 0 bridgehead atoms. The van der Waals surface area contributed by atoms with Gasteiger partial charge in [0.05, 0.1) is 18.8 Å². The van der Waals surface area contributed by atoms with Crippen LogP contribution in [-0.4, -0.2) is 27.6 Å². The monoisotopic (exact) mass is 246 g/mol. The maximum absolute atomic E-state index is 9.24. The minimum Gasteiger partial charge on any atom is -0.504 e. The zero-order chi connectivity index (χ0) is 9.26. The first kappa shape index (κ1) is 9.02. The van der Waals surface area contributed by atoms with Gasteiger partial charge in [0, 0.05) is 6.61 Å². The predicted molar refractivity (Wildman–Crippen MR) is 50.6 cm³/mol. The Kier molecular flexibility index (Phi) is 2.55. The average Bonchev–Trinajstić information content (AvgIpc) is 2.71. The molecule has 1 aliphatic heterocycles. The summed E-state index contributed by atoms with van der Waals surface area (Å²) >= 11 is 3.25. The van der Waals surface area contributed by atoms with Crippen molar-refractivity contribution in [3.05, 3.63) is 10.8 Å². The van der Waals surface area contributed by atoms with Crippen molar-refractivity contribution in [3.8, 4) is 5.75 Å². The molecule has 4 nitrogen and oxygen atoms in total. The van der Waals surface area contributed by atoms with Crippen molar-refractivity contribution in [2.24, 2.45) is 0 Å². The Hall–Kier alpha value is -0.550. The van der Waals surface area contributed by atoms with Gasteiger partial charge >= 0.3 is 0 Å². The molecule has 0 spiro atoms. The second-order valence-electron chi connectivity index (χ2n) is 3.14. The zero-order valence-corrected chi connectivity index (χ0v) is 8.70. The lowest BCUT2D eigenvalue weighted by Gasteiger charge is -2.09. The lowest BCUT2D eigenvalue weighted by molar-refractivity contribution is 0.0933. The molecule has 72 valence electrons. The molecule has 1 aromatic rings. The Labute approximate surface area is 84.6 Å². The molecule has 1 aliphatic rings. The maximum Gasteiger partial charge on any atom is 0.168 e. The number of halogens is 1. The van der Waals surface area contributed by atoms with Gasteiger partial charge in [-0.25, -0.2) is 0 Å². The van der Waals surface area contributed by atoms with Crippen molar-refractivity contribution in [2.75, 3.05) is 6.61 Å². The van der Waals surface area contributed by atoms with Gasteiger partial charge in [0.15, 0.2) is 5.75 Å². The van der Waals surface area contributed by atoms with Gasteiger partial charge in [-0.3, -0.25) is 4.68 Å². The third kappa shape index (κ3) is 1.86. The molecule has 0 amide bonds. The van der Waals surface area contributed by atoms with E-state index in [4.69, 9.17) is 4.74 Å². The highest BCUT2D eigenvalue weighted by Gasteiger charge is 2.18. The van der Waals surface area contributed by atoms with Crippen LogP contribution in [0.4, 0.5) is 0 Å². The van der Waals surface area contributed by atoms with E-state index in [-0.39, 0.29) is 11.9 Å². The van der Waals surface area contributed by atoms with Gasteiger partial charge in [0.2, 0.25) is 0 Å². The van der Waals surface area contributed by atoms with Gasteiger partial charge in [-0.2, -0.15) is 5.10 Å². The lowest BCUT2D eigenvalue weighted by Crippen LogP contribution is -2.15. The average molecular weight is 247 g/mol. The van der Waals surface area contributed by atoms with Crippen LogP contribution in [0.15, 0.2) is 10.8 Å². The SMILES string of the molecule is Oc1cnn(CC2CCCO2)c1Br. The van der Waals surface area contributed by atoms with E-state index >= 15 is 0 Å². The first-order chi connectivity index (χ1) is 6.27. The van der Waals surface area contributed by atoms with Crippen LogP contribution in [0, 0.1) is 0 Å². The molecule has 0 radical (unpaired) electrons. The number of aromatic nitrogens is 2. The molecule has 0 aliphatic carbocycles. The van der Waals surface area contributed by atoms with Crippen LogP contribution in [0.3, 0.4) is 0 Å². The van der Waals surface area contributed by atoms with Crippen LogP contribution < -0.4 is 0 Å². The van der Waals surface area contributed by atoms with E-state index in [0.717, 1.165) is 19.4 Å². The second-order valence-corrected chi connectivity index (χ2v) is 3.89. The van der Waals surface area contributed by atoms with E-state index in [1.165, 1.54) is 6.20 Å². The molecule has 1 fully saturated rings. The Morgan fingerprint density at radius 3 is 3.15 bits per heavy atom. The largest absolute Gasteiger partial charge is 0.504 e. The number of rotatable bonds is 2. The molecule has 0 aromatic carbocycles. The maximum atomic E-state index is 9.24. The second kappa shape index (κ2) is 3.67. The van der Waals surface area contributed by atoms with E-state index in [1.807, 2.05) is 0 Å². The minimum absolute atomic E-state index is 0.179. The molecule has 1 N–H and O–H groups in total. The van der Waals surface area contributed by atoms with Gasteiger partial charge in [-0.05, 0) is 28.8 Å². The Morgan fingerprint density at radius 1 is 1.77 bits per heavy atom. The normalized spacial score (nSPS) is 22.4. The van der Waals surface area contributed by atoms with Crippen molar-refractivity contribution in [3.63, 3.8) is 0 Å². The number of hydrogen-bond acceptors (Lipinski definition) is 3. The lowest BCUT2D eigenvalue weighted by atomic mass is 10.2. The van der Waals surface area contributed by atoms with E-state index in [0.29, 0.717) is 11.1 Å². The molecule has 1 unspecified atom stereocenters. The zero-order valence-electron chi connectivity index (χ0n) is 7.11. The van der Waals surface area contributed by atoms with Crippen LogP contribution in [0.25, 0.3) is 0 Å². The van der Waals surface area contributed by atoms with Gasteiger partial charge in [-0.15, -0.1) is 0 Å². The van der Waals surface area contributed by atoms with Gasteiger partial charge in [0.1, 0.15) is 4.60 Å². The van der Waals surface area contributed by atoms with Crippen LogP contribution in [-0.2, 0) is 11.3 Å². The topological polar surface area (TPSA) is 47.3 Å². The summed E-state index contributed by atoms with van der Waals surface area (Å²) < 4.78 is 7.80. The fourth-order valence-electron chi connectivity index (χ4n) is 1.47. The van der Waals surface area contributed by atoms with Crippen molar-refractivity contribution in [1.29, 1.82) is 0 Å². The summed E-state index contributed by atoms with van der Waals surface area (Å²) in [4.78, 5) is 0. The number of aromatic hydroxyl groups is 1. The first-order valence-electron chi connectivity index (χ1n) is 4.29. The van der Waals surface area contributed by atoms with Crippen molar-refractivity contribution < 1.29 is 9.84 Å². The molecule has 1 atom stereocenters. The summed E-state index contributed by atoms with van der Waals surface area (Å²) in [6.45, 7) is 1.55. The summed E-state index contributed by atoms with van der Waals surface area (Å²) in [5.41, 5.74) is 0. The Bertz CT molecular complexity index is 294. The van der Waals surface area contributed by atoms with Crippen LogP contribution in [0.1, 0.15) is 12.8 Å². The standard InChI is InChI=1S/C8H11BrN2O2/c9-8-7(12)4-10-11(8)5-6-2-1-3-13-6/h4,6,12H,1-3,5H2. The third-order valence-corrected chi connectivity index (χ3v) is 2.97. The molecule has 5 heteroatoms. The van der Waals surface area contributed by atoms with Gasteiger partial charge in [-0.1, -0.05) is 0 Å².